The van der Waals surface area contributed by atoms with E-state index in [-0.39, 0.29) is 11.7 Å². The predicted octanol–water partition coefficient (Wildman–Crippen LogP) is 2.14. The molecule has 1 rings (SSSR count). The first-order valence-electron chi connectivity index (χ1n) is 4.18. The number of oxime groups is 1. The van der Waals surface area contributed by atoms with Crippen LogP contribution in [0.4, 0.5) is 0 Å². The van der Waals surface area contributed by atoms with Crippen molar-refractivity contribution in [2.24, 2.45) is 10.9 Å². The minimum Gasteiger partial charge on any atom is -0.409 e. The smallest absolute Gasteiger partial charge is 0.262 e. The summed E-state index contributed by atoms with van der Waals surface area (Å²) >= 11 is 7.88. The molecule has 1 amide bonds. The lowest BCUT2D eigenvalue weighted by molar-refractivity contribution is 0.0952. The summed E-state index contributed by atoms with van der Waals surface area (Å²) in [6.45, 7) is 1.63. The fourth-order valence-electron chi connectivity index (χ4n) is 0.887. The third-order valence-electron chi connectivity index (χ3n) is 1.78. The zero-order valence-electron chi connectivity index (χ0n) is 8.20. The van der Waals surface area contributed by atoms with Crippen molar-refractivity contribution in [1.29, 1.82) is 0 Å². The topological polar surface area (TPSA) is 87.7 Å². The second-order valence-corrected chi connectivity index (χ2v) is 6.18. The summed E-state index contributed by atoms with van der Waals surface area (Å²) in [7, 11) is 0. The number of nitrogens with one attached hydrogen (secondary N) is 1. The molecule has 0 saturated heterocycles. The van der Waals surface area contributed by atoms with E-state index in [0.29, 0.717) is 4.88 Å². The fourth-order valence-corrected chi connectivity index (χ4v) is 2.83. The van der Waals surface area contributed by atoms with Crippen LogP contribution in [0.1, 0.15) is 16.6 Å². The third kappa shape index (κ3) is 3.19. The van der Waals surface area contributed by atoms with Gasteiger partial charge in [-0.05, 0) is 44.8 Å². The van der Waals surface area contributed by atoms with Gasteiger partial charge in [0.15, 0.2) is 5.84 Å². The molecular formula is C8H9Br2N3O2S. The molecule has 0 saturated carbocycles. The van der Waals surface area contributed by atoms with Crippen molar-refractivity contribution in [3.8, 4) is 0 Å². The minimum atomic E-state index is -0.517. The summed E-state index contributed by atoms with van der Waals surface area (Å²) in [6, 6.07) is 1.18. The lowest BCUT2D eigenvalue weighted by Crippen LogP contribution is -2.42. The van der Waals surface area contributed by atoms with Crippen molar-refractivity contribution >= 4 is 54.9 Å². The maximum Gasteiger partial charge on any atom is 0.262 e. The molecule has 0 radical (unpaired) electrons. The van der Waals surface area contributed by atoms with E-state index in [4.69, 9.17) is 10.9 Å². The molecule has 0 aromatic carbocycles. The Hall–Kier alpha value is -0.600. The van der Waals surface area contributed by atoms with E-state index >= 15 is 0 Å². The molecule has 1 aromatic rings. The zero-order chi connectivity index (χ0) is 12.3. The van der Waals surface area contributed by atoms with Crippen LogP contribution in [0.25, 0.3) is 0 Å². The standard InChI is InChI=1S/C8H9Br2N3O2S/c1-3(7(11)13-15)12-8(14)5-2-4(9)6(10)16-5/h2-3,15H,1H3,(H2,11,13)(H,12,14). The molecule has 16 heavy (non-hydrogen) atoms. The molecule has 1 aromatic heterocycles. The molecule has 1 unspecified atom stereocenters. The van der Waals surface area contributed by atoms with Gasteiger partial charge in [-0.25, -0.2) is 0 Å². The highest BCUT2D eigenvalue weighted by molar-refractivity contribution is 9.13. The zero-order valence-corrected chi connectivity index (χ0v) is 12.2. The van der Waals surface area contributed by atoms with Crippen molar-refractivity contribution in [3.05, 3.63) is 19.2 Å². The molecule has 1 atom stereocenters. The molecule has 8 heteroatoms. The van der Waals surface area contributed by atoms with Crippen molar-refractivity contribution in [2.45, 2.75) is 13.0 Å². The van der Waals surface area contributed by atoms with Crippen LogP contribution in [0.5, 0.6) is 0 Å². The van der Waals surface area contributed by atoms with Crippen LogP contribution in [0, 0.1) is 0 Å². The Morgan fingerprint density at radius 1 is 1.69 bits per heavy atom. The molecule has 0 aliphatic heterocycles. The number of carbonyl (C=O) groups excluding carboxylic acids is 1. The molecule has 88 valence electrons. The van der Waals surface area contributed by atoms with E-state index in [0.717, 1.165) is 8.26 Å². The summed E-state index contributed by atoms with van der Waals surface area (Å²) < 4.78 is 1.66. The van der Waals surface area contributed by atoms with Gasteiger partial charge < -0.3 is 16.3 Å². The largest absolute Gasteiger partial charge is 0.409 e. The van der Waals surface area contributed by atoms with E-state index < -0.39 is 6.04 Å². The number of amidine groups is 1. The number of hydrogen-bond donors (Lipinski definition) is 3. The highest BCUT2D eigenvalue weighted by Gasteiger charge is 2.16. The summed E-state index contributed by atoms with van der Waals surface area (Å²) in [5.41, 5.74) is 5.35. The Bertz CT molecular complexity index is 413. The van der Waals surface area contributed by atoms with Gasteiger partial charge in [0.1, 0.15) is 0 Å². The summed E-state index contributed by atoms with van der Waals surface area (Å²) in [5, 5.41) is 13.9. The number of amides is 1. The Morgan fingerprint density at radius 3 is 2.75 bits per heavy atom. The lowest BCUT2D eigenvalue weighted by atomic mass is 10.3. The molecule has 4 N–H and O–H groups in total. The number of carbonyl (C=O) groups is 1. The average Bonchev–Trinajstić information content (AvgIpc) is 2.58. The molecule has 1 heterocycles. The van der Waals surface area contributed by atoms with Crippen molar-refractivity contribution in [1.82, 2.24) is 5.32 Å². The van der Waals surface area contributed by atoms with Crippen LogP contribution in [-0.4, -0.2) is 23.0 Å². The third-order valence-corrected chi connectivity index (χ3v) is 5.03. The number of nitrogens with zero attached hydrogens (tertiary/aromatic N) is 1. The Balaban J connectivity index is 2.73. The Kier molecular flexibility index (Phi) is 4.75. The summed E-state index contributed by atoms with van der Waals surface area (Å²) in [4.78, 5) is 12.2. The number of halogens is 2. The average molecular weight is 371 g/mol. The first kappa shape index (κ1) is 13.5. The highest BCUT2D eigenvalue weighted by atomic mass is 79.9. The molecular weight excluding hydrogens is 362 g/mol. The van der Waals surface area contributed by atoms with E-state index in [1.165, 1.54) is 11.3 Å². The van der Waals surface area contributed by atoms with Gasteiger partial charge in [-0.3, -0.25) is 4.79 Å². The molecule has 0 bridgehead atoms. The fraction of sp³-hybridized carbons (Fsp3) is 0.250. The molecule has 0 aliphatic rings. The SMILES string of the molecule is CC(NC(=O)c1cc(Br)c(Br)s1)C(N)=NO. The number of rotatable bonds is 3. The Morgan fingerprint density at radius 2 is 2.31 bits per heavy atom. The second-order valence-electron chi connectivity index (χ2n) is 2.95. The van der Waals surface area contributed by atoms with Crippen LogP contribution >= 0.6 is 43.2 Å². The maximum atomic E-state index is 11.7. The molecule has 0 aliphatic carbocycles. The second kappa shape index (κ2) is 5.65. The van der Waals surface area contributed by atoms with Crippen LogP contribution in [0.3, 0.4) is 0 Å². The maximum absolute atomic E-state index is 11.7. The van der Waals surface area contributed by atoms with Gasteiger partial charge in [0.05, 0.1) is 14.7 Å². The van der Waals surface area contributed by atoms with Crippen LogP contribution in [0.15, 0.2) is 19.5 Å². The Labute approximate surface area is 113 Å². The van der Waals surface area contributed by atoms with Crippen LogP contribution in [0.2, 0.25) is 0 Å². The predicted molar refractivity (Wildman–Crippen MR) is 70.1 cm³/mol. The minimum absolute atomic E-state index is 0.0389. The van der Waals surface area contributed by atoms with Crippen LogP contribution in [-0.2, 0) is 0 Å². The normalized spacial score (nSPS) is 13.6. The molecule has 5 nitrogen and oxygen atoms in total. The van der Waals surface area contributed by atoms with E-state index in [9.17, 15) is 4.79 Å². The van der Waals surface area contributed by atoms with Gasteiger partial charge in [0, 0.05) is 4.47 Å². The van der Waals surface area contributed by atoms with Crippen molar-refractivity contribution in [2.75, 3.05) is 0 Å². The van der Waals surface area contributed by atoms with Gasteiger partial charge in [0.25, 0.3) is 5.91 Å². The van der Waals surface area contributed by atoms with E-state index in [1.54, 1.807) is 13.0 Å². The quantitative estimate of drug-likeness (QED) is 0.329. The molecule has 0 fully saturated rings. The summed E-state index contributed by atoms with van der Waals surface area (Å²) in [5.74, 6) is -0.307. The van der Waals surface area contributed by atoms with Crippen LogP contribution < -0.4 is 11.1 Å². The van der Waals surface area contributed by atoms with Gasteiger partial charge >= 0.3 is 0 Å². The van der Waals surface area contributed by atoms with Gasteiger partial charge in [-0.1, -0.05) is 5.16 Å². The molecule has 0 spiro atoms. The number of hydrogen-bond acceptors (Lipinski definition) is 4. The van der Waals surface area contributed by atoms with E-state index in [2.05, 4.69) is 42.3 Å². The lowest BCUT2D eigenvalue weighted by Gasteiger charge is -2.10. The highest BCUT2D eigenvalue weighted by Crippen LogP contribution is 2.32. The summed E-state index contributed by atoms with van der Waals surface area (Å²) in [6.07, 6.45) is 0. The first-order valence-corrected chi connectivity index (χ1v) is 6.59. The monoisotopic (exact) mass is 369 g/mol. The van der Waals surface area contributed by atoms with Crippen molar-refractivity contribution in [3.63, 3.8) is 0 Å². The van der Waals surface area contributed by atoms with Gasteiger partial charge in [-0.2, -0.15) is 0 Å². The van der Waals surface area contributed by atoms with Gasteiger partial charge in [-0.15, -0.1) is 11.3 Å². The van der Waals surface area contributed by atoms with Gasteiger partial charge in [0.2, 0.25) is 0 Å². The number of thiophene rings is 1. The number of nitrogens with two attached hydrogens (primary N) is 1. The van der Waals surface area contributed by atoms with Crippen molar-refractivity contribution < 1.29 is 10.0 Å². The van der Waals surface area contributed by atoms with E-state index in [1.807, 2.05) is 0 Å². The first-order chi connectivity index (χ1) is 7.45.